The summed E-state index contributed by atoms with van der Waals surface area (Å²) >= 11 is 6.03. The second kappa shape index (κ2) is 24.7. The fourth-order valence-corrected chi connectivity index (χ4v) is 6.65. The van der Waals surface area contributed by atoms with E-state index in [1.807, 2.05) is 36.1 Å². The van der Waals surface area contributed by atoms with Gasteiger partial charge in [0.2, 0.25) is 0 Å². The number of rotatable bonds is 24. The number of amides is 3. The highest BCUT2D eigenvalue weighted by Crippen LogP contribution is 2.21. The molecule has 0 saturated carbocycles. The Hall–Kier alpha value is -4.62. The van der Waals surface area contributed by atoms with Crippen molar-refractivity contribution in [2.75, 3.05) is 57.3 Å². The van der Waals surface area contributed by atoms with Crippen LogP contribution in [0, 0.1) is 12.8 Å². The summed E-state index contributed by atoms with van der Waals surface area (Å²) in [5, 5.41) is 55.5. The maximum absolute atomic E-state index is 13.7. The molecule has 1 aromatic heterocycles. The largest absolute Gasteiger partial charge is 0.444 e. The van der Waals surface area contributed by atoms with Crippen LogP contribution >= 0.6 is 11.6 Å². The van der Waals surface area contributed by atoms with Crippen molar-refractivity contribution in [1.82, 2.24) is 30.4 Å². The van der Waals surface area contributed by atoms with Crippen LogP contribution in [0.25, 0.3) is 0 Å². The number of benzene rings is 2. The summed E-state index contributed by atoms with van der Waals surface area (Å²) in [5.74, 6) is -1.53. The first kappa shape index (κ1) is 50.7. The number of nitrogens with zero attached hydrogens (tertiary/aromatic N) is 4. The Morgan fingerprint density at radius 2 is 1.52 bits per heavy atom. The average Bonchev–Trinajstić information content (AvgIpc) is 3.21. The van der Waals surface area contributed by atoms with E-state index in [-0.39, 0.29) is 67.0 Å². The number of aryl methyl sites for hydroxylation is 1. The minimum absolute atomic E-state index is 0.0276. The summed E-state index contributed by atoms with van der Waals surface area (Å²) < 4.78 is 5.82. The molecule has 0 radical (unpaired) electrons. The second-order valence-electron chi connectivity index (χ2n) is 16.3. The van der Waals surface area contributed by atoms with Crippen LogP contribution in [0.3, 0.4) is 0 Å². The summed E-state index contributed by atoms with van der Waals surface area (Å²) in [6, 6.07) is 14.7. The van der Waals surface area contributed by atoms with E-state index in [1.165, 1.54) is 0 Å². The molecule has 61 heavy (non-hydrogen) atoms. The Bertz CT molecular complexity index is 1850. The zero-order chi connectivity index (χ0) is 45.3. The highest BCUT2D eigenvalue weighted by Gasteiger charge is 2.31. The van der Waals surface area contributed by atoms with Crippen molar-refractivity contribution in [1.29, 1.82) is 0 Å². The molecule has 3 rings (SSSR count). The molecule has 0 aliphatic rings. The number of nitrogen functional groups attached to an aromatic ring is 2. The first-order chi connectivity index (χ1) is 28.8. The van der Waals surface area contributed by atoms with Crippen LogP contribution in [0.1, 0.15) is 90.9 Å². The van der Waals surface area contributed by atoms with Gasteiger partial charge in [-0.25, -0.2) is 14.8 Å². The Morgan fingerprint density at radius 1 is 0.852 bits per heavy atom. The number of nitrogens with one attached hydrogen (secondary N) is 2. The lowest BCUT2D eigenvalue weighted by atomic mass is 9.95. The summed E-state index contributed by atoms with van der Waals surface area (Å²) in [5.41, 5.74) is 13.8. The number of anilines is 2. The van der Waals surface area contributed by atoms with Gasteiger partial charge in [0.1, 0.15) is 23.9 Å². The Balaban J connectivity index is 1.74. The van der Waals surface area contributed by atoms with Gasteiger partial charge in [-0.05, 0) is 81.8 Å². The standard InChI is InChI=1S/C43H65ClN8O9/c1-6-7-8-11-19-51(25-32(54)35(56)36(57)33(55)26-53)20-18-47-40(58)30-16-14-28(15-17-30)23-52(42(60)61-43(3,4)5)24-29(21-31-13-10-9-12-27(31)2)22-48-41(59)34-38(45)50-39(46)37(44)49-34/h9-10,12-17,29,32-33,35-36,53-57H,6-8,11,18-26H2,1-5H3,(H,47,58)(H,48,59)(H4,45,46,50)/t29-,32-,33+,35+,36+/m0/s1. The predicted molar refractivity (Wildman–Crippen MR) is 234 cm³/mol. The zero-order valence-electron chi connectivity index (χ0n) is 35.9. The van der Waals surface area contributed by atoms with Crippen LogP contribution in [-0.2, 0) is 17.7 Å². The van der Waals surface area contributed by atoms with Gasteiger partial charge in [-0.2, -0.15) is 0 Å². The van der Waals surface area contributed by atoms with E-state index in [2.05, 4.69) is 27.5 Å². The number of hydrogen-bond donors (Lipinski definition) is 9. The van der Waals surface area contributed by atoms with E-state index in [0.29, 0.717) is 25.1 Å². The summed E-state index contributed by atoms with van der Waals surface area (Å²) in [6.45, 7) is 10.2. The molecule has 0 saturated heterocycles. The molecule has 0 fully saturated rings. The molecule has 3 aromatic rings. The Morgan fingerprint density at radius 3 is 2.16 bits per heavy atom. The van der Waals surface area contributed by atoms with Gasteiger partial charge in [0, 0.05) is 44.8 Å². The SMILES string of the molecule is CCCCCCN(CCNC(=O)c1ccc(CN(C[C@H](CNC(=O)c2nc(Cl)c(N)nc2N)Cc2ccccc2C)C(=O)OC(C)(C)C)cc1)C[C@H](O)[C@@H](O)[C@H](O)[C@H](O)CO. The summed E-state index contributed by atoms with van der Waals surface area (Å²) in [6.07, 6.45) is -2.66. The number of aliphatic hydroxyl groups excluding tert-OH is 5. The van der Waals surface area contributed by atoms with Crippen molar-refractivity contribution < 1.29 is 44.7 Å². The second-order valence-corrected chi connectivity index (χ2v) is 16.7. The molecule has 338 valence electrons. The predicted octanol–water partition coefficient (Wildman–Crippen LogP) is 2.68. The molecule has 1 heterocycles. The van der Waals surface area contributed by atoms with Gasteiger partial charge in [-0.1, -0.05) is 74.2 Å². The van der Waals surface area contributed by atoms with Crippen molar-refractivity contribution in [2.24, 2.45) is 5.92 Å². The molecular formula is C43H65ClN8O9. The minimum Gasteiger partial charge on any atom is -0.444 e. The van der Waals surface area contributed by atoms with E-state index in [9.17, 15) is 34.8 Å². The van der Waals surface area contributed by atoms with E-state index in [4.69, 9.17) is 32.9 Å². The van der Waals surface area contributed by atoms with Gasteiger partial charge in [-0.15, -0.1) is 0 Å². The first-order valence-corrected chi connectivity index (χ1v) is 21.0. The molecule has 18 heteroatoms. The first-order valence-electron chi connectivity index (χ1n) is 20.6. The topological polar surface area (TPSA) is 270 Å². The lowest BCUT2D eigenvalue weighted by molar-refractivity contribution is -0.119. The molecule has 0 aliphatic heterocycles. The average molecular weight is 873 g/mol. The molecule has 11 N–H and O–H groups in total. The van der Waals surface area contributed by atoms with Crippen molar-refractivity contribution in [3.8, 4) is 0 Å². The molecule has 17 nitrogen and oxygen atoms in total. The van der Waals surface area contributed by atoms with Gasteiger partial charge in [0.25, 0.3) is 11.8 Å². The number of hydrogen-bond acceptors (Lipinski definition) is 14. The molecule has 0 aliphatic carbocycles. The maximum atomic E-state index is 13.7. The third kappa shape index (κ3) is 17.0. The maximum Gasteiger partial charge on any atom is 0.410 e. The fourth-order valence-electron chi connectivity index (χ4n) is 6.53. The number of aromatic nitrogens is 2. The molecule has 0 spiro atoms. The molecule has 5 atom stereocenters. The van der Waals surface area contributed by atoms with Crippen LogP contribution in [0.4, 0.5) is 16.4 Å². The zero-order valence-corrected chi connectivity index (χ0v) is 36.6. The monoisotopic (exact) mass is 872 g/mol. The number of ether oxygens (including phenoxy) is 1. The van der Waals surface area contributed by atoms with E-state index < -0.39 is 48.6 Å². The number of nitrogens with two attached hydrogens (primary N) is 2. The van der Waals surface area contributed by atoms with Gasteiger partial charge < -0.3 is 57.3 Å². The third-order valence-corrected chi connectivity index (χ3v) is 10.3. The molecule has 2 aromatic carbocycles. The van der Waals surface area contributed by atoms with Crippen molar-refractivity contribution >= 4 is 41.1 Å². The van der Waals surface area contributed by atoms with E-state index in [0.717, 1.165) is 42.4 Å². The van der Waals surface area contributed by atoms with Crippen LogP contribution in [0.15, 0.2) is 48.5 Å². The van der Waals surface area contributed by atoms with Gasteiger partial charge in [0.05, 0.1) is 12.7 Å². The number of carbonyl (C=O) groups is 3. The number of unbranched alkanes of at least 4 members (excludes halogenated alkanes) is 3. The molecule has 3 amide bonds. The van der Waals surface area contributed by atoms with Crippen LogP contribution < -0.4 is 22.1 Å². The van der Waals surface area contributed by atoms with E-state index >= 15 is 0 Å². The van der Waals surface area contributed by atoms with Crippen molar-refractivity contribution in [3.63, 3.8) is 0 Å². The summed E-state index contributed by atoms with van der Waals surface area (Å²) in [4.78, 5) is 51.6. The summed E-state index contributed by atoms with van der Waals surface area (Å²) in [7, 11) is 0. The fraction of sp³-hybridized carbons (Fsp3) is 0.558. The Labute approximate surface area is 363 Å². The smallest absolute Gasteiger partial charge is 0.410 e. The Kier molecular flexibility index (Phi) is 20.6. The highest BCUT2D eigenvalue weighted by atomic mass is 35.5. The lowest BCUT2D eigenvalue weighted by Gasteiger charge is -2.31. The van der Waals surface area contributed by atoms with Gasteiger partial charge in [-0.3, -0.25) is 14.5 Å². The normalized spacial score (nSPS) is 14.2. The molecular weight excluding hydrogens is 808 g/mol. The van der Waals surface area contributed by atoms with Gasteiger partial charge in [0.15, 0.2) is 22.5 Å². The van der Waals surface area contributed by atoms with Crippen molar-refractivity contribution in [2.45, 2.75) is 103 Å². The number of aliphatic hydroxyl groups is 5. The highest BCUT2D eigenvalue weighted by molar-refractivity contribution is 6.31. The van der Waals surface area contributed by atoms with Crippen molar-refractivity contribution in [3.05, 3.63) is 81.6 Å². The third-order valence-electron chi connectivity index (χ3n) is 9.97. The van der Waals surface area contributed by atoms with E-state index in [1.54, 1.807) is 49.9 Å². The van der Waals surface area contributed by atoms with Gasteiger partial charge >= 0.3 is 6.09 Å². The van der Waals surface area contributed by atoms with Crippen LogP contribution in [-0.4, -0.2) is 139 Å². The number of halogens is 1. The quantitative estimate of drug-likeness (QED) is 0.0586. The lowest BCUT2D eigenvalue weighted by Crippen LogP contribution is -2.50. The molecule has 0 unspecified atom stereocenters. The molecule has 0 bridgehead atoms. The van der Waals surface area contributed by atoms with Crippen LogP contribution in [0.2, 0.25) is 5.15 Å². The van der Waals surface area contributed by atoms with Crippen LogP contribution in [0.5, 0.6) is 0 Å². The number of carbonyl (C=O) groups excluding carboxylic acids is 3. The minimum atomic E-state index is -1.73.